The van der Waals surface area contributed by atoms with Gasteiger partial charge in [-0.25, -0.2) is 17.3 Å². The molecule has 6 nitrogen and oxygen atoms in total. The highest BCUT2D eigenvalue weighted by atomic mass is 32.2. The van der Waals surface area contributed by atoms with Crippen molar-refractivity contribution >= 4 is 17.4 Å². The fourth-order valence-electron chi connectivity index (χ4n) is 3.80. The van der Waals surface area contributed by atoms with E-state index in [1.165, 1.54) is 31.2 Å². The highest BCUT2D eigenvalue weighted by molar-refractivity contribution is 7.82. The van der Waals surface area contributed by atoms with E-state index in [-0.39, 0.29) is 36.5 Å². The molecule has 4 rings (SSSR count). The maximum Gasteiger partial charge on any atom is 0.433 e. The van der Waals surface area contributed by atoms with Crippen LogP contribution in [0.15, 0.2) is 53.7 Å². The van der Waals surface area contributed by atoms with E-state index in [0.717, 1.165) is 31.8 Å². The first-order valence-corrected chi connectivity index (χ1v) is 12.4. The summed E-state index contributed by atoms with van der Waals surface area (Å²) in [7, 11) is -1.13. The van der Waals surface area contributed by atoms with E-state index < -0.39 is 28.7 Å². The summed E-state index contributed by atoms with van der Waals surface area (Å²) in [4.78, 5) is 18.1. The van der Waals surface area contributed by atoms with Gasteiger partial charge in [0.05, 0.1) is 23.3 Å². The molecule has 1 aliphatic rings. The number of amides is 1. The van der Waals surface area contributed by atoms with Gasteiger partial charge in [-0.05, 0) is 68.7 Å². The van der Waals surface area contributed by atoms with E-state index in [1.807, 2.05) is 4.31 Å². The summed E-state index contributed by atoms with van der Waals surface area (Å²) in [6, 6.07) is 8.83. The maximum absolute atomic E-state index is 13.8. The summed E-state index contributed by atoms with van der Waals surface area (Å²) >= 11 is 0. The molecular weight excluding hydrogens is 527 g/mol. The molecule has 2 aromatic heterocycles. The number of aryl methyl sites for hydroxylation is 1. The first-order chi connectivity index (χ1) is 17.5. The zero-order valence-corrected chi connectivity index (χ0v) is 20.9. The molecule has 0 aliphatic carbocycles. The number of aromatic nitrogens is 2. The Balaban J connectivity index is 0.000000277. The number of carbonyl (C=O) groups excluding carboxylic acids is 1. The van der Waals surface area contributed by atoms with Gasteiger partial charge in [0.15, 0.2) is 0 Å². The lowest BCUT2D eigenvalue weighted by atomic mass is 10.0. The summed E-state index contributed by atoms with van der Waals surface area (Å²) in [5, 5.41) is 2.37. The molecule has 3 heterocycles. The molecule has 1 aromatic carbocycles. The van der Waals surface area contributed by atoms with Crippen molar-refractivity contribution < 1.29 is 31.0 Å². The van der Waals surface area contributed by atoms with Crippen molar-refractivity contribution in [2.45, 2.75) is 57.8 Å². The third-order valence-electron chi connectivity index (χ3n) is 5.66. The van der Waals surface area contributed by atoms with Crippen LogP contribution in [0.5, 0.6) is 0 Å². The van der Waals surface area contributed by atoms with E-state index in [2.05, 4.69) is 22.2 Å². The van der Waals surface area contributed by atoms with Crippen LogP contribution in [-0.2, 0) is 28.5 Å². The summed E-state index contributed by atoms with van der Waals surface area (Å²) < 4.78 is 78.6. The van der Waals surface area contributed by atoms with E-state index >= 15 is 0 Å². The topological polar surface area (TPSA) is 75.2 Å². The van der Waals surface area contributed by atoms with Crippen molar-refractivity contribution in [2.24, 2.45) is 0 Å². The standard InChI is InChI=1S/C14H11F4N3O.C11H14FNOS.CH4/c1-8-2-9(4-21-13(8)14(16,17)18)11-3-10(5-19-7-22)20-6-12(11)15;1-9-3-2-8-13(9)15(14)11-6-4-10(12)5-7-11;/h2-4,6-7H,5H2,1H3,(H,19,22);4-7,9H,2-3,8H2,1H3;1H4. The van der Waals surface area contributed by atoms with Gasteiger partial charge in [-0.2, -0.15) is 13.2 Å². The summed E-state index contributed by atoms with van der Waals surface area (Å²) in [5.41, 5.74) is -0.455. The van der Waals surface area contributed by atoms with Crippen molar-refractivity contribution in [1.82, 2.24) is 19.6 Å². The highest BCUT2D eigenvalue weighted by Crippen LogP contribution is 2.32. The minimum absolute atomic E-state index is 0. The van der Waals surface area contributed by atoms with Crippen LogP contribution in [-0.4, -0.2) is 37.5 Å². The van der Waals surface area contributed by atoms with E-state index in [4.69, 9.17) is 0 Å². The molecule has 1 aliphatic heterocycles. The Kier molecular flexibility index (Phi) is 11.0. The number of alkyl halides is 3. The molecule has 1 saturated heterocycles. The average Bonchev–Trinajstić information content (AvgIpc) is 3.29. The van der Waals surface area contributed by atoms with Crippen molar-refractivity contribution in [2.75, 3.05) is 6.54 Å². The van der Waals surface area contributed by atoms with Gasteiger partial charge >= 0.3 is 6.18 Å². The highest BCUT2D eigenvalue weighted by Gasteiger charge is 2.34. The number of rotatable bonds is 6. The van der Waals surface area contributed by atoms with Crippen LogP contribution in [0, 0.1) is 18.6 Å². The maximum atomic E-state index is 13.8. The second-order valence-corrected chi connectivity index (χ2v) is 9.82. The number of carbonyl (C=O) groups is 1. The molecule has 3 aromatic rings. The normalized spacial score (nSPS) is 16.1. The molecule has 0 spiro atoms. The molecule has 1 N–H and O–H groups in total. The molecule has 2 unspecified atom stereocenters. The lowest BCUT2D eigenvalue weighted by molar-refractivity contribution is -0.141. The molecule has 2 atom stereocenters. The van der Waals surface area contributed by atoms with Gasteiger partial charge in [0, 0.05) is 29.9 Å². The lowest BCUT2D eigenvalue weighted by Gasteiger charge is -2.19. The molecule has 12 heteroatoms. The molecule has 1 amide bonds. The SMILES string of the molecule is C.CC1CCCN1S(=O)c1ccc(F)cc1.Cc1cc(-c2cc(CNC=O)ncc2F)cnc1C(F)(F)F. The van der Waals surface area contributed by atoms with Gasteiger partial charge < -0.3 is 5.32 Å². The Labute approximate surface area is 220 Å². The monoisotopic (exact) mass is 556 g/mol. The van der Waals surface area contributed by atoms with Crippen LogP contribution in [0.4, 0.5) is 22.0 Å². The summed E-state index contributed by atoms with van der Waals surface area (Å²) in [5.74, 6) is -0.971. The molecule has 206 valence electrons. The van der Waals surface area contributed by atoms with Crippen LogP contribution in [0.1, 0.15) is 44.1 Å². The molecule has 1 fully saturated rings. The smallest absolute Gasteiger partial charge is 0.353 e. The van der Waals surface area contributed by atoms with Crippen LogP contribution < -0.4 is 5.32 Å². The molecule has 38 heavy (non-hydrogen) atoms. The van der Waals surface area contributed by atoms with Gasteiger partial charge in [0.1, 0.15) is 28.3 Å². The third kappa shape index (κ3) is 7.87. The van der Waals surface area contributed by atoms with Gasteiger partial charge in [0.25, 0.3) is 0 Å². The molecule has 0 bridgehead atoms. The zero-order chi connectivity index (χ0) is 27.2. The Morgan fingerprint density at radius 3 is 2.37 bits per heavy atom. The lowest BCUT2D eigenvalue weighted by Crippen LogP contribution is -2.28. The van der Waals surface area contributed by atoms with Crippen LogP contribution in [0.3, 0.4) is 0 Å². The van der Waals surface area contributed by atoms with Crippen molar-refractivity contribution in [1.29, 1.82) is 0 Å². The predicted molar refractivity (Wildman–Crippen MR) is 135 cm³/mol. The third-order valence-corrected chi connectivity index (χ3v) is 7.30. The summed E-state index contributed by atoms with van der Waals surface area (Å²) in [6.07, 6.45) is 0.00331. The number of pyridine rings is 2. The van der Waals surface area contributed by atoms with Gasteiger partial charge in [-0.15, -0.1) is 0 Å². The summed E-state index contributed by atoms with van der Waals surface area (Å²) in [6.45, 7) is 4.29. The van der Waals surface area contributed by atoms with Gasteiger partial charge in [-0.3, -0.25) is 14.8 Å². The second-order valence-electron chi connectivity index (χ2n) is 8.38. The van der Waals surface area contributed by atoms with E-state index in [0.29, 0.717) is 23.0 Å². The Morgan fingerprint density at radius 2 is 1.82 bits per heavy atom. The van der Waals surface area contributed by atoms with Gasteiger partial charge in [0.2, 0.25) is 6.41 Å². The second kappa shape index (κ2) is 13.5. The van der Waals surface area contributed by atoms with E-state index in [9.17, 15) is 31.0 Å². The van der Waals surface area contributed by atoms with Crippen molar-refractivity contribution in [3.63, 3.8) is 0 Å². The number of halogens is 5. The Bertz CT molecular complexity index is 1260. The Hall–Kier alpha value is -3.25. The van der Waals surface area contributed by atoms with Crippen LogP contribution >= 0.6 is 0 Å². The minimum Gasteiger partial charge on any atom is -0.353 e. The minimum atomic E-state index is -4.56. The molecule has 0 radical (unpaired) electrons. The first-order valence-electron chi connectivity index (χ1n) is 11.3. The van der Waals surface area contributed by atoms with Gasteiger partial charge in [-0.1, -0.05) is 7.43 Å². The van der Waals surface area contributed by atoms with Crippen molar-refractivity contribution in [3.05, 3.63) is 77.4 Å². The molecule has 0 saturated carbocycles. The first kappa shape index (κ1) is 31.0. The van der Waals surface area contributed by atoms with Crippen LogP contribution in [0.2, 0.25) is 0 Å². The van der Waals surface area contributed by atoms with E-state index in [1.54, 1.807) is 12.1 Å². The average molecular weight is 557 g/mol. The number of hydrogen-bond acceptors (Lipinski definition) is 4. The largest absolute Gasteiger partial charge is 0.433 e. The van der Waals surface area contributed by atoms with Crippen molar-refractivity contribution in [3.8, 4) is 11.1 Å². The zero-order valence-electron chi connectivity index (χ0n) is 20.1. The fourth-order valence-corrected chi connectivity index (χ4v) is 5.17. The quantitative estimate of drug-likeness (QED) is 0.307. The van der Waals surface area contributed by atoms with Crippen LogP contribution in [0.25, 0.3) is 11.1 Å². The number of nitrogens with zero attached hydrogens (tertiary/aromatic N) is 3. The number of hydrogen-bond donors (Lipinski definition) is 1. The number of benzene rings is 1. The fraction of sp³-hybridized carbons (Fsp3) is 0.346. The Morgan fingerprint density at radius 1 is 1.13 bits per heavy atom. The predicted octanol–water partition coefficient (Wildman–Crippen LogP) is 5.82. The number of nitrogens with one attached hydrogen (secondary N) is 1. The molecular formula is C26H29F5N4O2S.